The van der Waals surface area contributed by atoms with Gasteiger partial charge in [0.1, 0.15) is 0 Å². The Kier molecular flexibility index (Phi) is 4.91. The van der Waals surface area contributed by atoms with Gasteiger partial charge >= 0.3 is 0 Å². The molecule has 0 aliphatic carbocycles. The number of rotatable bonds is 4. The number of aromatic amines is 1. The number of piperazine rings is 1. The molecule has 0 bridgehead atoms. The first-order valence-electron chi connectivity index (χ1n) is 9.30. The monoisotopic (exact) mass is 382 g/mol. The first-order valence-corrected chi connectivity index (χ1v) is 9.30. The van der Waals surface area contributed by atoms with E-state index in [0.29, 0.717) is 42.4 Å². The van der Waals surface area contributed by atoms with E-state index in [2.05, 4.69) is 25.2 Å². The maximum atomic E-state index is 13.0. The van der Waals surface area contributed by atoms with Gasteiger partial charge < -0.3 is 9.42 Å². The third-order valence-corrected chi connectivity index (χ3v) is 5.12. The molecule has 146 valence electrons. The van der Waals surface area contributed by atoms with Gasteiger partial charge in [0.2, 0.25) is 11.8 Å². The molecule has 0 saturated carbocycles. The van der Waals surface area contributed by atoms with Gasteiger partial charge in [-0.1, -0.05) is 23.4 Å². The van der Waals surface area contributed by atoms with Crippen molar-refractivity contribution < 1.29 is 9.32 Å². The summed E-state index contributed by atoms with van der Waals surface area (Å²) in [5, 5.41) is 11.9. The van der Waals surface area contributed by atoms with Gasteiger partial charge in [-0.3, -0.25) is 14.5 Å². The van der Waals surface area contributed by atoms with Crippen LogP contribution >= 0.6 is 0 Å². The highest BCUT2D eigenvalue weighted by molar-refractivity contribution is 5.91. The van der Waals surface area contributed by atoms with Gasteiger partial charge in [0.05, 0.1) is 23.5 Å². The van der Waals surface area contributed by atoms with Crippen LogP contribution in [0.1, 0.15) is 30.3 Å². The molecule has 1 amide bonds. The molecule has 9 heteroatoms. The second kappa shape index (κ2) is 7.51. The summed E-state index contributed by atoms with van der Waals surface area (Å²) in [4.78, 5) is 33.3. The number of nitrogens with one attached hydrogen (secondary N) is 1. The molecule has 2 aromatic heterocycles. The van der Waals surface area contributed by atoms with Crippen molar-refractivity contribution in [3.05, 3.63) is 52.0 Å². The molecule has 1 atom stereocenters. The minimum absolute atomic E-state index is 0.0137. The van der Waals surface area contributed by atoms with Crippen LogP contribution in [0.15, 0.2) is 33.6 Å². The second-order valence-electron chi connectivity index (χ2n) is 7.04. The number of amides is 1. The fourth-order valence-corrected chi connectivity index (χ4v) is 3.59. The van der Waals surface area contributed by atoms with Gasteiger partial charge in [-0.2, -0.15) is 10.1 Å². The van der Waals surface area contributed by atoms with Crippen LogP contribution in [0.2, 0.25) is 0 Å². The summed E-state index contributed by atoms with van der Waals surface area (Å²) < 4.78 is 5.00. The Morgan fingerprint density at radius 1 is 1.21 bits per heavy atom. The number of aryl methyl sites for hydroxylation is 1. The SMILES string of the molecule is Cc1nc(CN2CCN(C(=O)C(C)c3n[nH]c(=O)c4ccccc34)CC2)no1. The molecular formula is C19H22N6O3. The van der Waals surface area contributed by atoms with Crippen LogP contribution < -0.4 is 5.56 Å². The van der Waals surface area contributed by atoms with Crippen molar-refractivity contribution in [1.29, 1.82) is 0 Å². The fourth-order valence-electron chi connectivity index (χ4n) is 3.59. The van der Waals surface area contributed by atoms with Crippen LogP contribution in [-0.4, -0.2) is 62.2 Å². The van der Waals surface area contributed by atoms with Crippen molar-refractivity contribution in [3.8, 4) is 0 Å². The molecule has 1 aromatic carbocycles. The Balaban J connectivity index is 1.44. The number of H-pyrrole nitrogens is 1. The highest BCUT2D eigenvalue weighted by Gasteiger charge is 2.28. The quantitative estimate of drug-likeness (QED) is 0.719. The van der Waals surface area contributed by atoms with E-state index in [-0.39, 0.29) is 11.5 Å². The molecular weight excluding hydrogens is 360 g/mol. The average Bonchev–Trinajstić information content (AvgIpc) is 3.13. The summed E-state index contributed by atoms with van der Waals surface area (Å²) in [6, 6.07) is 7.23. The molecule has 28 heavy (non-hydrogen) atoms. The van der Waals surface area contributed by atoms with Crippen molar-refractivity contribution in [2.75, 3.05) is 26.2 Å². The molecule has 1 saturated heterocycles. The minimum atomic E-state index is -0.437. The fraction of sp³-hybridized carbons (Fsp3) is 0.421. The lowest BCUT2D eigenvalue weighted by Gasteiger charge is -2.35. The van der Waals surface area contributed by atoms with Crippen molar-refractivity contribution in [2.45, 2.75) is 26.3 Å². The number of aromatic nitrogens is 4. The van der Waals surface area contributed by atoms with Crippen LogP contribution in [0.25, 0.3) is 10.8 Å². The van der Waals surface area contributed by atoms with E-state index in [0.717, 1.165) is 18.5 Å². The summed E-state index contributed by atoms with van der Waals surface area (Å²) >= 11 is 0. The van der Waals surface area contributed by atoms with Gasteiger partial charge in [-0.15, -0.1) is 0 Å². The zero-order valence-electron chi connectivity index (χ0n) is 15.9. The lowest BCUT2D eigenvalue weighted by atomic mass is 10.00. The van der Waals surface area contributed by atoms with Gasteiger partial charge in [-0.25, -0.2) is 5.10 Å². The Labute approximate surface area is 161 Å². The first-order chi connectivity index (χ1) is 13.5. The third kappa shape index (κ3) is 3.53. The molecule has 0 radical (unpaired) electrons. The number of nitrogens with zero attached hydrogens (tertiary/aromatic N) is 5. The standard InChI is InChI=1S/C19H22N6O3/c1-12(17-14-5-3-4-6-15(14)18(26)22-21-17)19(27)25-9-7-24(8-10-25)11-16-20-13(2)28-23-16/h3-6,12H,7-11H2,1-2H3,(H,22,26). The predicted molar refractivity (Wildman–Crippen MR) is 102 cm³/mol. The Hall–Kier alpha value is -3.07. The third-order valence-electron chi connectivity index (χ3n) is 5.12. The van der Waals surface area contributed by atoms with Crippen molar-refractivity contribution in [3.63, 3.8) is 0 Å². The summed E-state index contributed by atoms with van der Waals surface area (Å²) in [5.41, 5.74) is 0.356. The summed E-state index contributed by atoms with van der Waals surface area (Å²) in [7, 11) is 0. The van der Waals surface area contributed by atoms with E-state index in [1.54, 1.807) is 19.1 Å². The molecule has 9 nitrogen and oxygen atoms in total. The molecule has 1 aliphatic rings. The summed E-state index contributed by atoms with van der Waals surface area (Å²) in [6.45, 7) is 6.95. The van der Waals surface area contributed by atoms with Gasteiger partial charge in [0.15, 0.2) is 5.82 Å². The topological polar surface area (TPSA) is 108 Å². The zero-order chi connectivity index (χ0) is 19.7. The number of hydrogen-bond donors (Lipinski definition) is 1. The van der Waals surface area contributed by atoms with Crippen LogP contribution in [0, 0.1) is 6.92 Å². The zero-order valence-corrected chi connectivity index (χ0v) is 15.9. The first kappa shape index (κ1) is 18.3. The summed E-state index contributed by atoms with van der Waals surface area (Å²) in [5.74, 6) is 0.792. The van der Waals surface area contributed by atoms with Crippen LogP contribution in [0.4, 0.5) is 0 Å². The smallest absolute Gasteiger partial charge is 0.272 e. The number of fused-ring (bicyclic) bond motifs is 1. The number of carbonyl (C=O) groups is 1. The predicted octanol–water partition coefficient (Wildman–Crippen LogP) is 1.06. The van der Waals surface area contributed by atoms with Crippen molar-refractivity contribution >= 4 is 16.7 Å². The maximum absolute atomic E-state index is 13.0. The second-order valence-corrected chi connectivity index (χ2v) is 7.04. The Morgan fingerprint density at radius 3 is 2.61 bits per heavy atom. The lowest BCUT2D eigenvalue weighted by Crippen LogP contribution is -2.49. The minimum Gasteiger partial charge on any atom is -0.340 e. The van der Waals surface area contributed by atoms with E-state index in [1.807, 2.05) is 24.0 Å². The number of benzene rings is 1. The molecule has 3 heterocycles. The normalized spacial score (nSPS) is 16.4. The number of carbonyl (C=O) groups excluding carboxylic acids is 1. The van der Waals surface area contributed by atoms with Gasteiger partial charge in [0, 0.05) is 38.5 Å². The maximum Gasteiger partial charge on any atom is 0.272 e. The van der Waals surface area contributed by atoms with Gasteiger partial charge in [0.25, 0.3) is 5.56 Å². The van der Waals surface area contributed by atoms with E-state index in [4.69, 9.17) is 4.52 Å². The van der Waals surface area contributed by atoms with Gasteiger partial charge in [-0.05, 0) is 13.0 Å². The molecule has 0 spiro atoms. The van der Waals surface area contributed by atoms with Crippen LogP contribution in [0.3, 0.4) is 0 Å². The summed E-state index contributed by atoms with van der Waals surface area (Å²) in [6.07, 6.45) is 0. The molecule has 1 aliphatic heterocycles. The van der Waals surface area contributed by atoms with E-state index < -0.39 is 5.92 Å². The number of hydrogen-bond acceptors (Lipinski definition) is 7. The van der Waals surface area contributed by atoms with E-state index >= 15 is 0 Å². The average molecular weight is 382 g/mol. The van der Waals surface area contributed by atoms with Crippen LogP contribution in [-0.2, 0) is 11.3 Å². The molecule has 3 aromatic rings. The lowest BCUT2D eigenvalue weighted by molar-refractivity contribution is -0.134. The van der Waals surface area contributed by atoms with Crippen molar-refractivity contribution in [2.24, 2.45) is 0 Å². The van der Waals surface area contributed by atoms with Crippen LogP contribution in [0.5, 0.6) is 0 Å². The van der Waals surface area contributed by atoms with Crippen molar-refractivity contribution in [1.82, 2.24) is 30.1 Å². The largest absolute Gasteiger partial charge is 0.340 e. The molecule has 1 N–H and O–H groups in total. The Morgan fingerprint density at radius 2 is 1.93 bits per heavy atom. The molecule has 1 unspecified atom stereocenters. The molecule has 1 fully saturated rings. The Bertz CT molecular complexity index is 1050. The highest BCUT2D eigenvalue weighted by Crippen LogP contribution is 2.23. The molecule has 4 rings (SSSR count). The van der Waals surface area contributed by atoms with E-state index in [1.165, 1.54) is 0 Å². The van der Waals surface area contributed by atoms with E-state index in [9.17, 15) is 9.59 Å². The highest BCUT2D eigenvalue weighted by atomic mass is 16.5.